The number of piperidine rings is 1. The lowest BCUT2D eigenvalue weighted by molar-refractivity contribution is -0.122. The van der Waals surface area contributed by atoms with E-state index in [0.29, 0.717) is 24.3 Å². The summed E-state index contributed by atoms with van der Waals surface area (Å²) in [6.07, 6.45) is 4.12. The molecule has 0 saturated carbocycles. The van der Waals surface area contributed by atoms with Gasteiger partial charge in [0.2, 0.25) is 5.91 Å². The Bertz CT molecular complexity index is 501. The topological polar surface area (TPSA) is 41.1 Å². The van der Waals surface area contributed by atoms with Crippen molar-refractivity contribution in [3.63, 3.8) is 0 Å². The quantitative estimate of drug-likeness (QED) is 0.846. The summed E-state index contributed by atoms with van der Waals surface area (Å²) in [4.78, 5) is 12.1. The molecular weight excluding hydrogens is 286 g/mol. The van der Waals surface area contributed by atoms with E-state index in [1.165, 1.54) is 12.1 Å². The summed E-state index contributed by atoms with van der Waals surface area (Å²) < 4.78 is 26.8. The zero-order chi connectivity index (χ0) is 15.9. The van der Waals surface area contributed by atoms with Gasteiger partial charge >= 0.3 is 0 Å². The molecular formula is C17H24F2N2O. The maximum atomic E-state index is 13.8. The van der Waals surface area contributed by atoms with E-state index in [2.05, 4.69) is 10.6 Å². The molecule has 122 valence electrons. The normalized spacial score (nSPS) is 17.2. The zero-order valence-corrected chi connectivity index (χ0v) is 13.0. The zero-order valence-electron chi connectivity index (χ0n) is 13.0. The van der Waals surface area contributed by atoms with Gasteiger partial charge < -0.3 is 10.6 Å². The van der Waals surface area contributed by atoms with Crippen molar-refractivity contribution in [2.75, 3.05) is 13.1 Å². The summed E-state index contributed by atoms with van der Waals surface area (Å²) in [6, 6.07) is 3.09. The van der Waals surface area contributed by atoms with Crippen LogP contribution in [0.2, 0.25) is 0 Å². The van der Waals surface area contributed by atoms with Gasteiger partial charge in [-0.05, 0) is 50.8 Å². The van der Waals surface area contributed by atoms with Crippen LogP contribution >= 0.6 is 0 Å². The van der Waals surface area contributed by atoms with Crippen LogP contribution in [0.4, 0.5) is 8.78 Å². The van der Waals surface area contributed by atoms with Crippen LogP contribution in [0.15, 0.2) is 18.2 Å². The highest BCUT2D eigenvalue weighted by molar-refractivity contribution is 5.76. The molecule has 1 aliphatic rings. The number of hydrogen-bond acceptors (Lipinski definition) is 2. The highest BCUT2D eigenvalue weighted by Gasteiger charge is 2.19. The van der Waals surface area contributed by atoms with Crippen LogP contribution in [0, 0.1) is 17.6 Å². The van der Waals surface area contributed by atoms with Crippen LogP contribution in [0.5, 0.6) is 0 Å². The van der Waals surface area contributed by atoms with E-state index in [1.807, 2.05) is 6.92 Å². The van der Waals surface area contributed by atoms with Crippen LogP contribution in [0.25, 0.3) is 0 Å². The summed E-state index contributed by atoms with van der Waals surface area (Å²) in [5.74, 6) is -0.678. The number of carbonyl (C=O) groups is 1. The molecule has 1 fully saturated rings. The van der Waals surface area contributed by atoms with Crippen LogP contribution in [0.1, 0.15) is 50.6 Å². The monoisotopic (exact) mass is 310 g/mol. The van der Waals surface area contributed by atoms with Crippen molar-refractivity contribution in [3.05, 3.63) is 35.4 Å². The molecule has 3 nitrogen and oxygen atoms in total. The lowest BCUT2D eigenvalue weighted by Crippen LogP contribution is -2.31. The van der Waals surface area contributed by atoms with E-state index in [-0.39, 0.29) is 5.91 Å². The average Bonchev–Trinajstić information content (AvgIpc) is 2.52. The number of rotatable bonds is 6. The molecule has 2 N–H and O–H groups in total. The van der Waals surface area contributed by atoms with Gasteiger partial charge in [0.05, 0.1) is 6.04 Å². The lowest BCUT2D eigenvalue weighted by Gasteiger charge is -2.23. The number of hydrogen-bond donors (Lipinski definition) is 2. The molecule has 1 saturated heterocycles. The molecule has 1 heterocycles. The Morgan fingerprint density at radius 3 is 2.73 bits per heavy atom. The minimum atomic E-state index is -0.606. The fourth-order valence-electron chi connectivity index (χ4n) is 2.96. The highest BCUT2D eigenvalue weighted by atomic mass is 19.1. The lowest BCUT2D eigenvalue weighted by atomic mass is 9.93. The summed E-state index contributed by atoms with van der Waals surface area (Å²) in [6.45, 7) is 3.91. The standard InChI is InChI=1S/C17H24F2N2O/c1-2-16(14-5-4-13(18)11-15(14)19)21-17(22)6-3-12-7-9-20-10-8-12/h4-5,11-12,16,20H,2-3,6-10H2,1H3,(H,21,22). The first-order valence-electron chi connectivity index (χ1n) is 8.05. The van der Waals surface area contributed by atoms with Crippen LogP contribution < -0.4 is 10.6 Å². The molecule has 1 amide bonds. The number of nitrogens with one attached hydrogen (secondary N) is 2. The van der Waals surface area contributed by atoms with Crippen LogP contribution in [0.3, 0.4) is 0 Å². The second-order valence-corrected chi connectivity index (χ2v) is 5.93. The minimum absolute atomic E-state index is 0.0610. The molecule has 0 spiro atoms. The Morgan fingerprint density at radius 2 is 2.09 bits per heavy atom. The molecule has 5 heteroatoms. The largest absolute Gasteiger partial charge is 0.349 e. The predicted octanol–water partition coefficient (Wildman–Crippen LogP) is 3.31. The first-order chi connectivity index (χ1) is 10.6. The van der Waals surface area contributed by atoms with Crippen LogP contribution in [-0.2, 0) is 4.79 Å². The van der Waals surface area contributed by atoms with Gasteiger partial charge in [0, 0.05) is 18.1 Å². The van der Waals surface area contributed by atoms with Crippen molar-refractivity contribution in [2.24, 2.45) is 5.92 Å². The van der Waals surface area contributed by atoms with Gasteiger partial charge in [-0.3, -0.25) is 4.79 Å². The SMILES string of the molecule is CCC(NC(=O)CCC1CCNCC1)c1ccc(F)cc1F. The maximum Gasteiger partial charge on any atom is 0.220 e. The smallest absolute Gasteiger partial charge is 0.220 e. The summed E-state index contributed by atoms with van der Waals surface area (Å²) in [7, 11) is 0. The van der Waals surface area contributed by atoms with Crippen molar-refractivity contribution in [1.29, 1.82) is 0 Å². The molecule has 1 unspecified atom stereocenters. The van der Waals surface area contributed by atoms with Crippen LogP contribution in [-0.4, -0.2) is 19.0 Å². The Labute approximate surface area is 130 Å². The Hall–Kier alpha value is -1.49. The molecule has 1 aromatic rings. The Balaban J connectivity index is 1.87. The average molecular weight is 310 g/mol. The second-order valence-electron chi connectivity index (χ2n) is 5.93. The molecule has 0 aliphatic carbocycles. The van der Waals surface area contributed by atoms with Gasteiger partial charge in [0.1, 0.15) is 11.6 Å². The van der Waals surface area contributed by atoms with Crippen molar-refractivity contribution in [3.8, 4) is 0 Å². The van der Waals surface area contributed by atoms with Gasteiger partial charge in [-0.1, -0.05) is 13.0 Å². The first-order valence-corrected chi connectivity index (χ1v) is 8.05. The first kappa shape index (κ1) is 16.9. The maximum absolute atomic E-state index is 13.8. The summed E-state index contributed by atoms with van der Waals surface area (Å²) in [5.41, 5.74) is 0.346. The fraction of sp³-hybridized carbons (Fsp3) is 0.588. The van der Waals surface area contributed by atoms with E-state index in [1.54, 1.807) is 0 Å². The number of amides is 1. The Kier molecular flexibility index (Phi) is 6.31. The molecule has 2 rings (SSSR count). The van der Waals surface area contributed by atoms with Gasteiger partial charge in [0.25, 0.3) is 0 Å². The third-order valence-electron chi connectivity index (χ3n) is 4.32. The second kappa shape index (κ2) is 8.22. The fourth-order valence-corrected chi connectivity index (χ4v) is 2.96. The van der Waals surface area contributed by atoms with Crippen molar-refractivity contribution in [1.82, 2.24) is 10.6 Å². The van der Waals surface area contributed by atoms with Crippen molar-refractivity contribution in [2.45, 2.75) is 45.1 Å². The van der Waals surface area contributed by atoms with Crippen molar-refractivity contribution < 1.29 is 13.6 Å². The number of carbonyl (C=O) groups excluding carboxylic acids is 1. The summed E-state index contributed by atoms with van der Waals surface area (Å²) >= 11 is 0. The third kappa shape index (κ3) is 4.77. The molecule has 1 aliphatic heterocycles. The Morgan fingerprint density at radius 1 is 1.36 bits per heavy atom. The molecule has 1 atom stereocenters. The van der Waals surface area contributed by atoms with E-state index in [4.69, 9.17) is 0 Å². The highest BCUT2D eigenvalue weighted by Crippen LogP contribution is 2.22. The summed E-state index contributed by atoms with van der Waals surface area (Å²) in [5, 5.41) is 6.17. The predicted molar refractivity (Wildman–Crippen MR) is 82.4 cm³/mol. The molecule has 0 aromatic heterocycles. The number of benzene rings is 1. The minimum Gasteiger partial charge on any atom is -0.349 e. The van der Waals surface area contributed by atoms with Gasteiger partial charge in [-0.2, -0.15) is 0 Å². The molecule has 22 heavy (non-hydrogen) atoms. The van der Waals surface area contributed by atoms with Gasteiger partial charge in [-0.15, -0.1) is 0 Å². The third-order valence-corrected chi connectivity index (χ3v) is 4.32. The van der Waals surface area contributed by atoms with E-state index < -0.39 is 17.7 Å². The van der Waals surface area contributed by atoms with Gasteiger partial charge in [-0.25, -0.2) is 8.78 Å². The van der Waals surface area contributed by atoms with E-state index in [0.717, 1.165) is 38.4 Å². The van der Waals surface area contributed by atoms with Crippen molar-refractivity contribution >= 4 is 5.91 Å². The molecule has 1 aromatic carbocycles. The van der Waals surface area contributed by atoms with Gasteiger partial charge in [0.15, 0.2) is 0 Å². The van der Waals surface area contributed by atoms with E-state index in [9.17, 15) is 13.6 Å². The van der Waals surface area contributed by atoms with E-state index >= 15 is 0 Å². The molecule has 0 bridgehead atoms. The number of halogens is 2. The molecule has 0 radical (unpaired) electrons.